The molecule has 0 aliphatic carbocycles. The Kier molecular flexibility index (Phi) is 6.23. The molecular formula is C20H27FN4O2. The molecule has 0 spiro atoms. The largest absolute Gasteiger partial charge is 0.383 e. The minimum Gasteiger partial charge on any atom is -0.383 e. The summed E-state index contributed by atoms with van der Waals surface area (Å²) in [6.07, 6.45) is 5.20. The van der Waals surface area contributed by atoms with Crippen LogP contribution < -0.4 is 5.32 Å². The molecule has 1 amide bonds. The van der Waals surface area contributed by atoms with Gasteiger partial charge in [-0.25, -0.2) is 9.07 Å². The summed E-state index contributed by atoms with van der Waals surface area (Å²) in [4.78, 5) is 14.1. The molecule has 2 aromatic rings. The Morgan fingerprint density at radius 3 is 2.78 bits per heavy atom. The van der Waals surface area contributed by atoms with Crippen molar-refractivity contribution < 1.29 is 13.9 Å². The van der Waals surface area contributed by atoms with Gasteiger partial charge in [-0.15, -0.1) is 0 Å². The predicted octanol–water partition coefficient (Wildman–Crippen LogP) is 2.55. The molecule has 0 saturated carbocycles. The second-order valence-corrected chi connectivity index (χ2v) is 7.08. The minimum atomic E-state index is -0.278. The molecule has 1 aliphatic rings. The number of nitrogens with one attached hydrogen (secondary N) is 1. The summed E-state index contributed by atoms with van der Waals surface area (Å²) in [6, 6.07) is 6.44. The Balaban J connectivity index is 1.76. The van der Waals surface area contributed by atoms with E-state index in [1.807, 2.05) is 13.2 Å². The Morgan fingerprint density at radius 2 is 2.11 bits per heavy atom. The van der Waals surface area contributed by atoms with Gasteiger partial charge in [0.05, 0.1) is 24.5 Å². The van der Waals surface area contributed by atoms with E-state index in [1.54, 1.807) is 35.0 Å². The molecule has 1 saturated heterocycles. The summed E-state index contributed by atoms with van der Waals surface area (Å²) in [5.41, 5.74) is 1.77. The summed E-state index contributed by atoms with van der Waals surface area (Å²) < 4.78 is 20.1. The standard InChI is InChI=1S/C20H27FN4O2/c1-4-17(13-27-3)22-10-14-9-19(26)24(2)20(14)15-11-23-25(12-15)18-7-5-16(21)6-8-18/h5-8,11-12,14,17,20,22H,4,9-10,13H2,1-3H3/t14-,17?,20+/m0/s1. The van der Waals surface area contributed by atoms with Crippen molar-refractivity contribution in [3.63, 3.8) is 0 Å². The van der Waals surface area contributed by atoms with Crippen molar-refractivity contribution in [2.45, 2.75) is 31.8 Å². The van der Waals surface area contributed by atoms with Gasteiger partial charge >= 0.3 is 0 Å². The molecule has 2 heterocycles. The van der Waals surface area contributed by atoms with Crippen LogP contribution in [0.4, 0.5) is 4.39 Å². The van der Waals surface area contributed by atoms with Gasteiger partial charge in [-0.05, 0) is 30.7 Å². The van der Waals surface area contributed by atoms with Gasteiger partial charge in [0.1, 0.15) is 5.82 Å². The van der Waals surface area contributed by atoms with Gasteiger partial charge in [-0.2, -0.15) is 5.10 Å². The van der Waals surface area contributed by atoms with Gasteiger partial charge < -0.3 is 15.0 Å². The van der Waals surface area contributed by atoms with Crippen LogP contribution in [0.25, 0.3) is 5.69 Å². The smallest absolute Gasteiger partial charge is 0.223 e. The number of benzene rings is 1. The summed E-state index contributed by atoms with van der Waals surface area (Å²) in [5.74, 6) is 0.0281. The lowest BCUT2D eigenvalue weighted by atomic mass is 9.95. The summed E-state index contributed by atoms with van der Waals surface area (Å²) in [7, 11) is 3.54. The third-order valence-electron chi connectivity index (χ3n) is 5.26. The van der Waals surface area contributed by atoms with E-state index in [4.69, 9.17) is 4.74 Å². The van der Waals surface area contributed by atoms with Gasteiger partial charge in [0.2, 0.25) is 5.91 Å². The summed E-state index contributed by atoms with van der Waals surface area (Å²) in [6.45, 7) is 3.51. The van der Waals surface area contributed by atoms with E-state index in [1.165, 1.54) is 12.1 Å². The fourth-order valence-corrected chi connectivity index (χ4v) is 3.70. The maximum atomic E-state index is 13.1. The first-order valence-electron chi connectivity index (χ1n) is 9.32. The van der Waals surface area contributed by atoms with Crippen LogP contribution in [0, 0.1) is 11.7 Å². The quantitative estimate of drug-likeness (QED) is 0.771. The number of carbonyl (C=O) groups excluding carboxylic acids is 1. The zero-order valence-corrected chi connectivity index (χ0v) is 16.1. The number of halogens is 1. The molecule has 1 fully saturated rings. The Hall–Kier alpha value is -2.25. The number of rotatable bonds is 8. The monoisotopic (exact) mass is 374 g/mol. The highest BCUT2D eigenvalue weighted by atomic mass is 19.1. The topological polar surface area (TPSA) is 59.4 Å². The lowest BCUT2D eigenvalue weighted by molar-refractivity contribution is -0.127. The van der Waals surface area contributed by atoms with E-state index >= 15 is 0 Å². The van der Waals surface area contributed by atoms with Crippen molar-refractivity contribution in [1.82, 2.24) is 20.0 Å². The van der Waals surface area contributed by atoms with E-state index in [9.17, 15) is 9.18 Å². The van der Waals surface area contributed by atoms with E-state index in [2.05, 4.69) is 17.3 Å². The number of hydrogen-bond acceptors (Lipinski definition) is 4. The number of amides is 1. The highest BCUT2D eigenvalue weighted by Gasteiger charge is 2.39. The zero-order chi connectivity index (χ0) is 19.4. The van der Waals surface area contributed by atoms with E-state index in [0.29, 0.717) is 13.0 Å². The first-order chi connectivity index (χ1) is 13.0. The van der Waals surface area contributed by atoms with Crippen molar-refractivity contribution in [3.05, 3.63) is 48.0 Å². The number of nitrogens with zero attached hydrogens (tertiary/aromatic N) is 3. The van der Waals surface area contributed by atoms with Crippen LogP contribution >= 0.6 is 0 Å². The molecule has 1 aromatic heterocycles. The van der Waals surface area contributed by atoms with Crippen molar-refractivity contribution in [3.8, 4) is 5.69 Å². The van der Waals surface area contributed by atoms with Crippen LogP contribution in [-0.4, -0.2) is 53.9 Å². The Labute approximate surface area is 159 Å². The molecule has 6 nitrogen and oxygen atoms in total. The molecule has 3 rings (SSSR count). The van der Waals surface area contributed by atoms with E-state index < -0.39 is 0 Å². The molecule has 146 valence electrons. The Morgan fingerprint density at radius 1 is 1.37 bits per heavy atom. The molecule has 1 aromatic carbocycles. The van der Waals surface area contributed by atoms with E-state index in [-0.39, 0.29) is 29.7 Å². The molecule has 1 N–H and O–H groups in total. The van der Waals surface area contributed by atoms with E-state index in [0.717, 1.165) is 24.2 Å². The molecule has 0 radical (unpaired) electrons. The fourth-order valence-electron chi connectivity index (χ4n) is 3.70. The molecule has 0 bridgehead atoms. The summed E-state index contributed by atoms with van der Waals surface area (Å²) in [5, 5.41) is 7.94. The normalized spacial score (nSPS) is 21.0. The molecule has 7 heteroatoms. The number of likely N-dealkylation sites (tertiary alicyclic amines) is 1. The Bertz CT molecular complexity index is 762. The predicted molar refractivity (Wildman–Crippen MR) is 101 cm³/mol. The number of carbonyl (C=O) groups is 1. The second kappa shape index (κ2) is 8.63. The van der Waals surface area contributed by atoms with Crippen LogP contribution in [0.5, 0.6) is 0 Å². The zero-order valence-electron chi connectivity index (χ0n) is 16.1. The summed E-state index contributed by atoms with van der Waals surface area (Å²) >= 11 is 0. The minimum absolute atomic E-state index is 0.0285. The SMILES string of the molecule is CCC(COC)NC[C@@H]1CC(=O)N(C)[C@H]1c1cnn(-c2ccc(F)cc2)c1. The lowest BCUT2D eigenvalue weighted by Crippen LogP contribution is -2.37. The van der Waals surface area contributed by atoms with Crippen LogP contribution in [0.2, 0.25) is 0 Å². The maximum Gasteiger partial charge on any atom is 0.223 e. The van der Waals surface area contributed by atoms with Crippen LogP contribution in [0.15, 0.2) is 36.7 Å². The van der Waals surface area contributed by atoms with Crippen molar-refractivity contribution in [2.24, 2.45) is 5.92 Å². The average Bonchev–Trinajstić information content (AvgIpc) is 3.24. The molecule has 1 aliphatic heterocycles. The highest BCUT2D eigenvalue weighted by molar-refractivity contribution is 5.79. The maximum absolute atomic E-state index is 13.1. The van der Waals surface area contributed by atoms with Gasteiger partial charge in [-0.1, -0.05) is 6.92 Å². The highest BCUT2D eigenvalue weighted by Crippen LogP contribution is 2.36. The fraction of sp³-hybridized carbons (Fsp3) is 0.500. The third kappa shape index (κ3) is 4.36. The molecule has 27 heavy (non-hydrogen) atoms. The van der Waals surface area contributed by atoms with Crippen LogP contribution in [0.3, 0.4) is 0 Å². The number of aromatic nitrogens is 2. The van der Waals surface area contributed by atoms with Gasteiger partial charge in [0.15, 0.2) is 0 Å². The molecule has 1 unspecified atom stereocenters. The second-order valence-electron chi connectivity index (χ2n) is 7.08. The average molecular weight is 374 g/mol. The van der Waals surface area contributed by atoms with Crippen LogP contribution in [-0.2, 0) is 9.53 Å². The van der Waals surface area contributed by atoms with Crippen molar-refractivity contribution in [1.29, 1.82) is 0 Å². The van der Waals surface area contributed by atoms with Crippen molar-refractivity contribution in [2.75, 3.05) is 27.3 Å². The first kappa shape index (κ1) is 19.5. The molecule has 3 atom stereocenters. The number of hydrogen-bond donors (Lipinski definition) is 1. The number of methoxy groups -OCH3 is 1. The first-order valence-corrected chi connectivity index (χ1v) is 9.32. The lowest BCUT2D eigenvalue weighted by Gasteiger charge is -2.26. The van der Waals surface area contributed by atoms with Crippen molar-refractivity contribution >= 4 is 5.91 Å². The van der Waals surface area contributed by atoms with Gasteiger partial charge in [0, 0.05) is 50.8 Å². The third-order valence-corrected chi connectivity index (χ3v) is 5.26. The molecular weight excluding hydrogens is 347 g/mol. The number of ether oxygens (including phenoxy) is 1. The van der Waals surface area contributed by atoms with Gasteiger partial charge in [-0.3, -0.25) is 4.79 Å². The van der Waals surface area contributed by atoms with Crippen LogP contribution in [0.1, 0.15) is 31.4 Å². The van der Waals surface area contributed by atoms with Gasteiger partial charge in [0.25, 0.3) is 0 Å².